The van der Waals surface area contributed by atoms with Gasteiger partial charge in [-0.1, -0.05) is 19.8 Å². The van der Waals surface area contributed by atoms with Crippen molar-refractivity contribution < 1.29 is 4.79 Å². The number of rotatable bonds is 4. The monoisotopic (exact) mass is 184 g/mol. The van der Waals surface area contributed by atoms with Crippen molar-refractivity contribution in [3.8, 4) is 0 Å². The molecule has 3 N–H and O–H groups in total. The number of hydrogen-bond donors (Lipinski definition) is 2. The van der Waals surface area contributed by atoms with Crippen LogP contribution in [0.3, 0.4) is 0 Å². The van der Waals surface area contributed by atoms with Gasteiger partial charge in [0.15, 0.2) is 0 Å². The van der Waals surface area contributed by atoms with Gasteiger partial charge >= 0.3 is 0 Å². The maximum absolute atomic E-state index is 11.3. The summed E-state index contributed by atoms with van der Waals surface area (Å²) in [4.78, 5) is 11.3. The van der Waals surface area contributed by atoms with Crippen LogP contribution in [-0.4, -0.2) is 18.5 Å². The first-order valence-corrected chi connectivity index (χ1v) is 5.27. The molecule has 0 spiro atoms. The van der Waals surface area contributed by atoms with Crippen molar-refractivity contribution in [1.82, 2.24) is 5.32 Å². The minimum Gasteiger partial charge on any atom is -0.354 e. The molecule has 0 radical (unpaired) electrons. The zero-order chi connectivity index (χ0) is 9.68. The number of nitrogens with one attached hydrogen (secondary N) is 1. The summed E-state index contributed by atoms with van der Waals surface area (Å²) in [7, 11) is 0. The van der Waals surface area contributed by atoms with Crippen LogP contribution in [0, 0.1) is 5.92 Å². The molecule has 0 bridgehead atoms. The topological polar surface area (TPSA) is 55.1 Å². The molecule has 0 aromatic rings. The highest BCUT2D eigenvalue weighted by Crippen LogP contribution is 2.23. The van der Waals surface area contributed by atoms with Gasteiger partial charge in [0.1, 0.15) is 0 Å². The zero-order valence-corrected chi connectivity index (χ0v) is 8.38. The van der Waals surface area contributed by atoms with Gasteiger partial charge in [-0.15, -0.1) is 0 Å². The van der Waals surface area contributed by atoms with Gasteiger partial charge in [0.05, 0.1) is 6.04 Å². The van der Waals surface area contributed by atoms with Gasteiger partial charge in [-0.3, -0.25) is 4.79 Å². The highest BCUT2D eigenvalue weighted by molar-refractivity contribution is 5.81. The van der Waals surface area contributed by atoms with Crippen molar-refractivity contribution in [2.24, 2.45) is 11.7 Å². The lowest BCUT2D eigenvalue weighted by Gasteiger charge is -2.13. The molecule has 76 valence electrons. The number of amides is 1. The summed E-state index contributed by atoms with van der Waals surface area (Å²) >= 11 is 0. The quantitative estimate of drug-likeness (QED) is 0.685. The Morgan fingerprint density at radius 2 is 2.15 bits per heavy atom. The number of nitrogens with two attached hydrogens (primary N) is 1. The van der Waals surface area contributed by atoms with Gasteiger partial charge in [-0.05, 0) is 25.2 Å². The third kappa shape index (κ3) is 3.35. The first-order chi connectivity index (χ1) is 6.24. The Labute approximate surface area is 80.1 Å². The lowest BCUT2D eigenvalue weighted by molar-refractivity contribution is -0.122. The third-order valence-electron chi connectivity index (χ3n) is 2.82. The molecule has 1 saturated carbocycles. The Bertz CT molecular complexity index is 164. The second-order valence-corrected chi connectivity index (χ2v) is 3.91. The highest BCUT2D eigenvalue weighted by Gasteiger charge is 2.17. The summed E-state index contributed by atoms with van der Waals surface area (Å²) < 4.78 is 0. The highest BCUT2D eigenvalue weighted by atomic mass is 16.2. The summed E-state index contributed by atoms with van der Waals surface area (Å²) in [6, 6.07) is -0.318. The fourth-order valence-corrected chi connectivity index (χ4v) is 1.78. The van der Waals surface area contributed by atoms with Gasteiger partial charge < -0.3 is 11.1 Å². The van der Waals surface area contributed by atoms with Crippen LogP contribution in [0.5, 0.6) is 0 Å². The molecule has 1 rings (SSSR count). The maximum Gasteiger partial charge on any atom is 0.236 e. The number of carbonyl (C=O) groups excluding carboxylic acids is 1. The fourth-order valence-electron chi connectivity index (χ4n) is 1.78. The van der Waals surface area contributed by atoms with Crippen LogP contribution in [0.15, 0.2) is 0 Å². The average molecular weight is 184 g/mol. The minimum atomic E-state index is -0.318. The second kappa shape index (κ2) is 5.22. The van der Waals surface area contributed by atoms with Gasteiger partial charge in [0.25, 0.3) is 0 Å². The van der Waals surface area contributed by atoms with E-state index in [1.807, 2.05) is 6.92 Å². The molecule has 0 heterocycles. The molecule has 0 saturated heterocycles. The standard InChI is InChI=1S/C10H20N2O/c1-2-9(11)10(13)12-7-8-5-3-4-6-8/h8-9H,2-7,11H2,1H3,(H,12,13)/t9-/m1/s1. The predicted octanol–water partition coefficient (Wildman–Crippen LogP) is 1.03. The first-order valence-electron chi connectivity index (χ1n) is 5.27. The molecular formula is C10H20N2O. The zero-order valence-electron chi connectivity index (χ0n) is 8.38. The Morgan fingerprint density at radius 1 is 1.54 bits per heavy atom. The summed E-state index contributed by atoms with van der Waals surface area (Å²) in [5, 5.41) is 2.91. The van der Waals surface area contributed by atoms with E-state index >= 15 is 0 Å². The normalized spacial score (nSPS) is 20.2. The number of hydrogen-bond acceptors (Lipinski definition) is 2. The van der Waals surface area contributed by atoms with Crippen molar-refractivity contribution in [3.05, 3.63) is 0 Å². The van der Waals surface area contributed by atoms with Gasteiger partial charge in [-0.25, -0.2) is 0 Å². The summed E-state index contributed by atoms with van der Waals surface area (Å²) in [5.74, 6) is 0.711. The molecule has 0 aromatic carbocycles. The molecule has 1 fully saturated rings. The average Bonchev–Trinajstić information content (AvgIpc) is 2.65. The van der Waals surface area contributed by atoms with Crippen LogP contribution in [-0.2, 0) is 4.79 Å². The van der Waals surface area contributed by atoms with Crippen molar-refractivity contribution in [2.45, 2.75) is 45.1 Å². The van der Waals surface area contributed by atoms with E-state index in [4.69, 9.17) is 5.73 Å². The molecule has 0 aliphatic heterocycles. The Kier molecular flexibility index (Phi) is 4.22. The largest absolute Gasteiger partial charge is 0.354 e. The summed E-state index contributed by atoms with van der Waals surface area (Å²) in [5.41, 5.74) is 5.59. The third-order valence-corrected chi connectivity index (χ3v) is 2.82. The Hall–Kier alpha value is -0.570. The SMILES string of the molecule is CC[C@@H](N)C(=O)NCC1CCCC1. The lowest BCUT2D eigenvalue weighted by atomic mass is 10.1. The van der Waals surface area contributed by atoms with E-state index in [9.17, 15) is 4.79 Å². The molecule has 3 heteroatoms. The predicted molar refractivity (Wildman–Crippen MR) is 53.2 cm³/mol. The second-order valence-electron chi connectivity index (χ2n) is 3.91. The molecule has 1 atom stereocenters. The molecule has 3 nitrogen and oxygen atoms in total. The maximum atomic E-state index is 11.3. The molecular weight excluding hydrogens is 164 g/mol. The molecule has 1 aliphatic rings. The smallest absolute Gasteiger partial charge is 0.236 e. The van der Waals surface area contributed by atoms with E-state index in [2.05, 4.69) is 5.32 Å². The Balaban J connectivity index is 2.13. The van der Waals surface area contributed by atoms with E-state index in [-0.39, 0.29) is 11.9 Å². The molecule has 0 unspecified atom stereocenters. The Morgan fingerprint density at radius 3 is 2.69 bits per heavy atom. The fraction of sp³-hybridized carbons (Fsp3) is 0.900. The van der Waals surface area contributed by atoms with E-state index in [1.54, 1.807) is 0 Å². The van der Waals surface area contributed by atoms with Gasteiger partial charge in [0, 0.05) is 6.54 Å². The first kappa shape index (κ1) is 10.5. The minimum absolute atomic E-state index is 0.00870. The van der Waals surface area contributed by atoms with E-state index < -0.39 is 0 Å². The van der Waals surface area contributed by atoms with Crippen molar-refractivity contribution in [1.29, 1.82) is 0 Å². The summed E-state index contributed by atoms with van der Waals surface area (Å²) in [6.07, 6.45) is 5.89. The molecule has 13 heavy (non-hydrogen) atoms. The van der Waals surface area contributed by atoms with E-state index in [0.717, 1.165) is 13.0 Å². The van der Waals surface area contributed by atoms with Crippen LogP contribution in [0.4, 0.5) is 0 Å². The summed E-state index contributed by atoms with van der Waals surface area (Å²) in [6.45, 7) is 2.76. The van der Waals surface area contributed by atoms with Crippen LogP contribution in [0.2, 0.25) is 0 Å². The van der Waals surface area contributed by atoms with Crippen LogP contribution in [0.1, 0.15) is 39.0 Å². The van der Waals surface area contributed by atoms with Crippen molar-refractivity contribution >= 4 is 5.91 Å². The van der Waals surface area contributed by atoms with Crippen LogP contribution < -0.4 is 11.1 Å². The molecule has 1 aliphatic carbocycles. The molecule has 0 aromatic heterocycles. The van der Waals surface area contributed by atoms with Gasteiger partial charge in [-0.2, -0.15) is 0 Å². The number of carbonyl (C=O) groups is 1. The van der Waals surface area contributed by atoms with Crippen LogP contribution in [0.25, 0.3) is 0 Å². The van der Waals surface area contributed by atoms with Crippen molar-refractivity contribution in [3.63, 3.8) is 0 Å². The van der Waals surface area contributed by atoms with Gasteiger partial charge in [0.2, 0.25) is 5.91 Å². The van der Waals surface area contributed by atoms with E-state index in [1.165, 1.54) is 25.7 Å². The van der Waals surface area contributed by atoms with Crippen molar-refractivity contribution in [2.75, 3.05) is 6.54 Å². The van der Waals surface area contributed by atoms with E-state index in [0.29, 0.717) is 5.92 Å². The van der Waals surface area contributed by atoms with Crippen LogP contribution >= 0.6 is 0 Å². The molecule has 1 amide bonds. The lowest BCUT2D eigenvalue weighted by Crippen LogP contribution is -2.41.